The molecule has 9 heteroatoms. The van der Waals surface area contributed by atoms with Gasteiger partial charge in [-0.2, -0.15) is 5.10 Å². The molecule has 1 atom stereocenters. The van der Waals surface area contributed by atoms with Crippen molar-refractivity contribution < 1.29 is 19.0 Å². The van der Waals surface area contributed by atoms with E-state index in [-0.39, 0.29) is 18.3 Å². The maximum absolute atomic E-state index is 15.1. The molecule has 8 nitrogen and oxygen atoms in total. The Hall–Kier alpha value is -3.36. The van der Waals surface area contributed by atoms with Crippen molar-refractivity contribution in [2.24, 2.45) is 5.92 Å². The number of ether oxygens (including phenoxy) is 1. The number of anilines is 1. The van der Waals surface area contributed by atoms with Crippen LogP contribution in [0.25, 0.3) is 16.9 Å². The molecule has 0 unspecified atom stereocenters. The fourth-order valence-corrected chi connectivity index (χ4v) is 4.57. The Morgan fingerprint density at radius 1 is 1.24 bits per heavy atom. The summed E-state index contributed by atoms with van der Waals surface area (Å²) in [4.78, 5) is 17.7. The van der Waals surface area contributed by atoms with E-state index in [1.807, 2.05) is 41.5 Å². The first-order valence-electron chi connectivity index (χ1n) is 10.9. The molecule has 178 valence electrons. The number of carbonyl (C=O) groups is 1. The van der Waals surface area contributed by atoms with Crippen LogP contribution in [0.4, 0.5) is 15.0 Å². The Balaban J connectivity index is 1.91. The average Bonchev–Trinajstić information content (AvgIpc) is 3.12. The minimum Gasteiger partial charge on any atom is -0.488 e. The van der Waals surface area contributed by atoms with Gasteiger partial charge in [0, 0.05) is 23.2 Å². The topological polar surface area (TPSA) is 106 Å². The Labute approximate surface area is 193 Å². The lowest BCUT2D eigenvalue weighted by Crippen LogP contribution is -2.61. The monoisotopic (exact) mass is 457 g/mol. The second-order valence-electron chi connectivity index (χ2n) is 9.99. The molecule has 0 spiro atoms. The molecule has 2 aromatic heterocycles. The van der Waals surface area contributed by atoms with Gasteiger partial charge in [-0.05, 0) is 58.2 Å². The summed E-state index contributed by atoms with van der Waals surface area (Å²) in [6, 6.07) is 7.95. The van der Waals surface area contributed by atoms with Crippen molar-refractivity contribution in [1.82, 2.24) is 19.5 Å². The van der Waals surface area contributed by atoms with E-state index in [9.17, 15) is 9.90 Å². The van der Waals surface area contributed by atoms with Gasteiger partial charge in [-0.3, -0.25) is 4.90 Å². The zero-order chi connectivity index (χ0) is 24.6. The number of nitrogens with two attached hydrogens (primary N) is 1. The average molecular weight is 458 g/mol. The van der Waals surface area contributed by atoms with Crippen molar-refractivity contribution >= 4 is 17.6 Å². The smallest absolute Gasteiger partial charge is 0.408 e. The summed E-state index contributed by atoms with van der Waals surface area (Å²) in [7, 11) is 0. The molecule has 2 heterocycles. The molecule has 1 aromatic carbocycles. The third-order valence-electron chi connectivity index (χ3n) is 5.40. The van der Waals surface area contributed by atoms with Crippen LogP contribution in [0.3, 0.4) is 0 Å². The highest BCUT2D eigenvalue weighted by molar-refractivity contribution is 5.68. The van der Waals surface area contributed by atoms with Gasteiger partial charge in [0.15, 0.2) is 17.2 Å². The normalized spacial score (nSPS) is 13.8. The van der Waals surface area contributed by atoms with E-state index >= 15 is 4.39 Å². The van der Waals surface area contributed by atoms with E-state index < -0.39 is 23.0 Å². The number of benzene rings is 1. The number of fused-ring (bicyclic) bond motifs is 1. The first kappa shape index (κ1) is 24.3. The Morgan fingerprint density at radius 2 is 1.94 bits per heavy atom. The minimum absolute atomic E-state index is 0.0105. The maximum atomic E-state index is 15.1. The van der Waals surface area contributed by atoms with Crippen molar-refractivity contribution in [1.29, 1.82) is 0 Å². The van der Waals surface area contributed by atoms with Crippen LogP contribution in [0, 0.1) is 11.7 Å². The van der Waals surface area contributed by atoms with Crippen molar-refractivity contribution in [2.75, 3.05) is 12.3 Å². The Kier molecular flexibility index (Phi) is 6.53. The van der Waals surface area contributed by atoms with Gasteiger partial charge in [0.1, 0.15) is 12.4 Å². The molecule has 0 radical (unpaired) electrons. The number of carboxylic acid groups (broad SMARTS) is 1. The molecular formula is C24H32FN5O3. The van der Waals surface area contributed by atoms with E-state index in [0.29, 0.717) is 29.1 Å². The van der Waals surface area contributed by atoms with Crippen LogP contribution in [0.2, 0.25) is 0 Å². The number of nitrogen functional groups attached to an aromatic ring is 1. The highest BCUT2D eigenvalue weighted by atomic mass is 19.1. The second kappa shape index (κ2) is 8.88. The van der Waals surface area contributed by atoms with Crippen molar-refractivity contribution in [3.05, 3.63) is 42.3 Å². The van der Waals surface area contributed by atoms with Gasteiger partial charge < -0.3 is 15.6 Å². The lowest BCUT2D eigenvalue weighted by atomic mass is 9.86. The summed E-state index contributed by atoms with van der Waals surface area (Å²) in [6.45, 7) is 11.4. The lowest BCUT2D eigenvalue weighted by Gasteiger charge is -2.47. The zero-order valence-electron chi connectivity index (χ0n) is 20.0. The van der Waals surface area contributed by atoms with Crippen molar-refractivity contribution in [3.63, 3.8) is 0 Å². The fourth-order valence-electron chi connectivity index (χ4n) is 4.57. The van der Waals surface area contributed by atoms with Gasteiger partial charge in [0.05, 0.1) is 17.4 Å². The molecule has 3 N–H and O–H groups in total. The third kappa shape index (κ3) is 5.18. The van der Waals surface area contributed by atoms with E-state index in [1.165, 1.54) is 17.0 Å². The van der Waals surface area contributed by atoms with Crippen LogP contribution >= 0.6 is 0 Å². The first-order valence-corrected chi connectivity index (χ1v) is 10.9. The molecule has 1 amide bonds. The molecular weight excluding hydrogens is 425 g/mol. The van der Waals surface area contributed by atoms with Crippen LogP contribution in [-0.4, -0.2) is 48.4 Å². The number of halogens is 1. The van der Waals surface area contributed by atoms with Gasteiger partial charge >= 0.3 is 6.09 Å². The number of hydrogen-bond acceptors (Lipinski definition) is 5. The highest BCUT2D eigenvalue weighted by Gasteiger charge is 2.43. The molecule has 0 aliphatic heterocycles. The molecule has 3 aromatic rings. The molecule has 0 aliphatic carbocycles. The second-order valence-corrected chi connectivity index (χ2v) is 9.99. The van der Waals surface area contributed by atoms with Crippen LogP contribution in [0.1, 0.15) is 48.0 Å². The molecule has 0 aliphatic rings. The number of amides is 1. The van der Waals surface area contributed by atoms with E-state index in [0.717, 1.165) is 0 Å². The molecule has 0 saturated carbocycles. The SMILES string of the molecule is CC(C)C[C@@](C)(COc1ccc(-c2cc(N)nc3ccnn23)cc1F)N(C(=O)O)C(C)(C)C. The number of hydrogen-bond donors (Lipinski definition) is 2. The number of aromatic nitrogens is 3. The number of nitrogens with zero attached hydrogens (tertiary/aromatic N) is 4. The van der Waals surface area contributed by atoms with Gasteiger partial charge in [-0.25, -0.2) is 18.7 Å². The van der Waals surface area contributed by atoms with Crippen LogP contribution in [-0.2, 0) is 0 Å². The van der Waals surface area contributed by atoms with Crippen LogP contribution < -0.4 is 10.5 Å². The van der Waals surface area contributed by atoms with E-state index in [4.69, 9.17) is 10.5 Å². The van der Waals surface area contributed by atoms with Crippen LogP contribution in [0.15, 0.2) is 36.5 Å². The largest absolute Gasteiger partial charge is 0.488 e. The zero-order valence-corrected chi connectivity index (χ0v) is 20.0. The van der Waals surface area contributed by atoms with E-state index in [1.54, 1.807) is 28.9 Å². The summed E-state index contributed by atoms with van der Waals surface area (Å²) < 4.78 is 22.5. The summed E-state index contributed by atoms with van der Waals surface area (Å²) in [6.07, 6.45) is 1.12. The molecule has 0 saturated heterocycles. The van der Waals surface area contributed by atoms with Gasteiger partial charge in [-0.15, -0.1) is 0 Å². The summed E-state index contributed by atoms with van der Waals surface area (Å²) in [5.41, 5.74) is 6.10. The summed E-state index contributed by atoms with van der Waals surface area (Å²) >= 11 is 0. The van der Waals surface area contributed by atoms with Crippen molar-refractivity contribution in [2.45, 2.75) is 59.0 Å². The third-order valence-corrected chi connectivity index (χ3v) is 5.40. The van der Waals surface area contributed by atoms with Crippen molar-refractivity contribution in [3.8, 4) is 17.0 Å². The predicted octanol–water partition coefficient (Wildman–Crippen LogP) is 5.08. The molecule has 0 bridgehead atoms. The standard InChI is InChI=1S/C24H32FN5O3/c1-15(2)13-24(6,30(22(31)32)23(3,4)5)14-33-19-8-7-16(11-17(19)25)18-12-20(26)28-21-9-10-27-29(18)21/h7-12,15H,13-14H2,1-6H3,(H2,26,28)(H,31,32)/t24-/m0/s1. The Bertz CT molecular complexity index is 1150. The van der Waals surface area contributed by atoms with Crippen LogP contribution in [0.5, 0.6) is 5.75 Å². The molecule has 33 heavy (non-hydrogen) atoms. The molecule has 3 rings (SSSR count). The quantitative estimate of drug-likeness (QED) is 0.512. The van der Waals surface area contributed by atoms with E-state index in [2.05, 4.69) is 10.1 Å². The molecule has 0 fully saturated rings. The summed E-state index contributed by atoms with van der Waals surface area (Å²) in [5, 5.41) is 14.2. The first-order chi connectivity index (χ1) is 15.3. The highest BCUT2D eigenvalue weighted by Crippen LogP contribution is 2.33. The minimum atomic E-state index is -1.04. The lowest BCUT2D eigenvalue weighted by molar-refractivity contribution is -0.0114. The maximum Gasteiger partial charge on any atom is 0.408 e. The Morgan fingerprint density at radius 3 is 2.52 bits per heavy atom. The van der Waals surface area contributed by atoms with Gasteiger partial charge in [0.2, 0.25) is 0 Å². The van der Waals surface area contributed by atoms with Gasteiger partial charge in [-0.1, -0.05) is 13.8 Å². The van der Waals surface area contributed by atoms with Gasteiger partial charge in [0.25, 0.3) is 0 Å². The fraction of sp³-hybridized carbons (Fsp3) is 0.458. The number of rotatable bonds is 7. The predicted molar refractivity (Wildman–Crippen MR) is 126 cm³/mol. The summed E-state index contributed by atoms with van der Waals surface area (Å²) in [5.74, 6) is 0.00205.